The molecule has 3 aliphatic rings. The Hall–Kier alpha value is -2.75. The molecule has 2 unspecified atom stereocenters. The molecule has 0 spiro atoms. The zero-order valence-corrected chi connectivity index (χ0v) is 23.2. The molecular formula is C29H45N7O2. The number of nitrogens with zero attached hydrogens (tertiary/aromatic N) is 5. The summed E-state index contributed by atoms with van der Waals surface area (Å²) in [6.07, 6.45) is 7.03. The van der Waals surface area contributed by atoms with Gasteiger partial charge in [-0.1, -0.05) is 19.1 Å². The highest BCUT2D eigenvalue weighted by Crippen LogP contribution is 2.28. The molecule has 2 aliphatic heterocycles. The fourth-order valence-corrected chi connectivity index (χ4v) is 5.94. The van der Waals surface area contributed by atoms with E-state index in [9.17, 15) is 9.59 Å². The van der Waals surface area contributed by atoms with Gasteiger partial charge in [0.25, 0.3) is 0 Å². The van der Waals surface area contributed by atoms with E-state index < -0.39 is 0 Å². The van der Waals surface area contributed by atoms with Gasteiger partial charge in [0.2, 0.25) is 12.3 Å². The third kappa shape index (κ3) is 6.62. The number of hydrogen-bond acceptors (Lipinski definition) is 6. The van der Waals surface area contributed by atoms with Crippen LogP contribution in [0, 0.1) is 17.8 Å². The summed E-state index contributed by atoms with van der Waals surface area (Å²) in [5.41, 5.74) is 13.9. The molecule has 0 aromatic heterocycles. The average Bonchev–Trinajstić information content (AvgIpc) is 3.30. The zero-order valence-electron chi connectivity index (χ0n) is 23.2. The highest BCUT2D eigenvalue weighted by atomic mass is 16.2. The number of carbonyl (C=O) groups is 2. The molecule has 4 rings (SSSR count). The predicted molar refractivity (Wildman–Crippen MR) is 153 cm³/mol. The van der Waals surface area contributed by atoms with E-state index in [1.807, 2.05) is 23.1 Å². The Morgan fingerprint density at radius 3 is 2.34 bits per heavy atom. The Labute approximate surface area is 227 Å². The van der Waals surface area contributed by atoms with Crippen LogP contribution >= 0.6 is 0 Å². The standard InChI is InChI=1S/C29H45N7O2/c1-21-18-36(19-25(21)17-30)22(2)14-23-4-6-27(7-5-23)35(20-37)9-8-28(32-3)33-10-12-34(13-11-33)29(38)24-15-26(31)16-24/h4-9,20-22,24-26H,10-19,30-31H2,1-3H3/b9-8-,32-28?/t21?,22?,24?,25-,26?/m1/s1. The number of rotatable bonds is 9. The van der Waals surface area contributed by atoms with E-state index in [1.165, 1.54) is 5.56 Å². The van der Waals surface area contributed by atoms with Crippen molar-refractivity contribution >= 4 is 23.8 Å². The molecule has 1 aromatic rings. The summed E-state index contributed by atoms with van der Waals surface area (Å²) in [6, 6.07) is 8.84. The Bertz CT molecular complexity index is 997. The lowest BCUT2D eigenvalue weighted by atomic mass is 9.80. The van der Waals surface area contributed by atoms with Crippen LogP contribution in [0.5, 0.6) is 0 Å². The molecule has 208 valence electrons. The minimum atomic E-state index is 0.0962. The van der Waals surface area contributed by atoms with Crippen molar-refractivity contribution in [3.8, 4) is 0 Å². The summed E-state index contributed by atoms with van der Waals surface area (Å²) in [5, 5.41) is 0. The van der Waals surface area contributed by atoms with Crippen molar-refractivity contribution < 1.29 is 9.59 Å². The molecule has 9 nitrogen and oxygen atoms in total. The highest BCUT2D eigenvalue weighted by molar-refractivity contribution is 5.94. The lowest BCUT2D eigenvalue weighted by Crippen LogP contribution is -2.54. The summed E-state index contributed by atoms with van der Waals surface area (Å²) < 4.78 is 0. The Morgan fingerprint density at radius 1 is 1.13 bits per heavy atom. The van der Waals surface area contributed by atoms with E-state index in [0.717, 1.165) is 69.9 Å². The average molecular weight is 524 g/mol. The van der Waals surface area contributed by atoms with Gasteiger partial charge in [0.05, 0.1) is 0 Å². The number of amidine groups is 1. The van der Waals surface area contributed by atoms with E-state index in [-0.39, 0.29) is 17.9 Å². The number of piperazine rings is 1. The molecule has 2 heterocycles. The van der Waals surface area contributed by atoms with Crippen LogP contribution in [0.2, 0.25) is 0 Å². The highest BCUT2D eigenvalue weighted by Gasteiger charge is 2.36. The first-order valence-electron chi connectivity index (χ1n) is 14.0. The van der Waals surface area contributed by atoms with Crippen LogP contribution in [0.3, 0.4) is 0 Å². The Balaban J connectivity index is 1.29. The number of aliphatic imine (C=N–C) groups is 1. The lowest BCUT2D eigenvalue weighted by molar-refractivity contribution is -0.140. The third-order valence-corrected chi connectivity index (χ3v) is 8.65. The molecule has 3 atom stereocenters. The van der Waals surface area contributed by atoms with E-state index in [2.05, 4.69) is 40.8 Å². The van der Waals surface area contributed by atoms with Gasteiger partial charge in [-0.25, -0.2) is 0 Å². The van der Waals surface area contributed by atoms with E-state index in [0.29, 0.717) is 31.0 Å². The quantitative estimate of drug-likeness (QED) is 0.289. The summed E-state index contributed by atoms with van der Waals surface area (Å²) in [4.78, 5) is 37.2. The predicted octanol–water partition coefficient (Wildman–Crippen LogP) is 1.53. The van der Waals surface area contributed by atoms with Crippen molar-refractivity contribution in [1.29, 1.82) is 0 Å². The normalized spacial score (nSPS) is 27.4. The fourth-order valence-electron chi connectivity index (χ4n) is 5.94. The maximum absolute atomic E-state index is 12.6. The number of likely N-dealkylation sites (tertiary alicyclic amines) is 1. The fraction of sp³-hybridized carbons (Fsp3) is 0.621. The maximum atomic E-state index is 12.6. The van der Waals surface area contributed by atoms with Gasteiger partial charge in [-0.05, 0) is 68.3 Å². The number of amides is 2. The van der Waals surface area contributed by atoms with Crippen LogP contribution in [0.15, 0.2) is 41.5 Å². The SMILES string of the molecule is CN=C(/C=C\N(C=O)c1ccc(CC(C)N2CC(C)[C@H](CN)C2)cc1)N1CCN(C(=O)C2CC(N)C2)CC1. The van der Waals surface area contributed by atoms with Crippen LogP contribution < -0.4 is 16.4 Å². The topological polar surface area (TPSA) is 111 Å². The molecule has 1 saturated carbocycles. The van der Waals surface area contributed by atoms with Crippen molar-refractivity contribution in [2.24, 2.45) is 34.2 Å². The minimum absolute atomic E-state index is 0.0962. The second-order valence-corrected chi connectivity index (χ2v) is 11.3. The maximum Gasteiger partial charge on any atom is 0.225 e. The molecule has 0 bridgehead atoms. The smallest absolute Gasteiger partial charge is 0.225 e. The van der Waals surface area contributed by atoms with E-state index in [1.54, 1.807) is 18.1 Å². The van der Waals surface area contributed by atoms with E-state index >= 15 is 0 Å². The summed E-state index contributed by atoms with van der Waals surface area (Å²) in [5.74, 6) is 2.36. The van der Waals surface area contributed by atoms with Crippen LogP contribution in [0.1, 0.15) is 32.3 Å². The van der Waals surface area contributed by atoms with Gasteiger partial charge >= 0.3 is 0 Å². The van der Waals surface area contributed by atoms with Crippen LogP contribution in [-0.2, 0) is 16.0 Å². The summed E-state index contributed by atoms with van der Waals surface area (Å²) in [6.45, 7) is 10.3. The van der Waals surface area contributed by atoms with E-state index in [4.69, 9.17) is 11.5 Å². The molecule has 1 aromatic carbocycles. The first kappa shape index (κ1) is 28.3. The minimum Gasteiger partial charge on any atom is -0.353 e. The van der Waals surface area contributed by atoms with Gasteiger partial charge in [-0.15, -0.1) is 0 Å². The monoisotopic (exact) mass is 523 g/mol. The number of carbonyl (C=O) groups excluding carboxylic acids is 2. The second-order valence-electron chi connectivity index (χ2n) is 11.3. The molecular weight excluding hydrogens is 478 g/mol. The zero-order chi connectivity index (χ0) is 27.2. The largest absolute Gasteiger partial charge is 0.353 e. The van der Waals surface area contributed by atoms with Gasteiger partial charge in [0.1, 0.15) is 5.84 Å². The first-order chi connectivity index (χ1) is 18.3. The van der Waals surface area contributed by atoms with Crippen molar-refractivity contribution in [2.75, 3.05) is 57.8 Å². The van der Waals surface area contributed by atoms with Crippen LogP contribution in [0.4, 0.5) is 5.69 Å². The number of nitrogens with two attached hydrogens (primary N) is 2. The lowest BCUT2D eigenvalue weighted by Gasteiger charge is -2.40. The van der Waals surface area contributed by atoms with Gasteiger partial charge in [-0.2, -0.15) is 0 Å². The number of anilines is 1. The van der Waals surface area contributed by atoms with Gasteiger partial charge < -0.3 is 21.3 Å². The van der Waals surface area contributed by atoms with Crippen molar-refractivity contribution in [3.05, 3.63) is 42.1 Å². The first-order valence-corrected chi connectivity index (χ1v) is 14.0. The second kappa shape index (κ2) is 12.9. The molecule has 2 amide bonds. The van der Waals surface area contributed by atoms with Crippen LogP contribution in [-0.4, -0.2) is 97.8 Å². The van der Waals surface area contributed by atoms with Crippen molar-refractivity contribution in [1.82, 2.24) is 14.7 Å². The Kier molecular flexibility index (Phi) is 9.57. The molecule has 9 heteroatoms. The van der Waals surface area contributed by atoms with Crippen molar-refractivity contribution in [2.45, 2.75) is 45.2 Å². The summed E-state index contributed by atoms with van der Waals surface area (Å²) >= 11 is 0. The number of benzene rings is 1. The van der Waals surface area contributed by atoms with Crippen LogP contribution in [0.25, 0.3) is 0 Å². The van der Waals surface area contributed by atoms with Gasteiger partial charge in [-0.3, -0.25) is 24.4 Å². The van der Waals surface area contributed by atoms with Gasteiger partial charge in [0, 0.05) is 76.2 Å². The Morgan fingerprint density at radius 2 is 1.79 bits per heavy atom. The molecule has 0 radical (unpaired) electrons. The molecule has 2 saturated heterocycles. The molecule has 3 fully saturated rings. The number of hydrogen-bond donors (Lipinski definition) is 2. The summed E-state index contributed by atoms with van der Waals surface area (Å²) in [7, 11) is 1.75. The third-order valence-electron chi connectivity index (χ3n) is 8.65. The molecule has 1 aliphatic carbocycles. The molecule has 38 heavy (non-hydrogen) atoms. The van der Waals surface area contributed by atoms with Gasteiger partial charge in [0.15, 0.2) is 0 Å². The van der Waals surface area contributed by atoms with Crippen molar-refractivity contribution in [3.63, 3.8) is 0 Å². The molecule has 4 N–H and O–H groups in total.